The zero-order valence-electron chi connectivity index (χ0n) is 11.9. The van der Waals surface area contributed by atoms with Crippen LogP contribution >= 0.6 is 0 Å². The number of carbonyl (C=O) groups is 1. The second kappa shape index (κ2) is 10.3. The Morgan fingerprint density at radius 1 is 0.944 bits per heavy atom. The lowest BCUT2D eigenvalue weighted by molar-refractivity contribution is -0.177. The highest BCUT2D eigenvalue weighted by Gasteiger charge is 2.17. The molecule has 0 saturated heterocycles. The lowest BCUT2D eigenvalue weighted by Crippen LogP contribution is -2.45. The van der Waals surface area contributed by atoms with Gasteiger partial charge in [-0.2, -0.15) is 0 Å². The maximum absolute atomic E-state index is 11.2. The number of amides is 1. The fourth-order valence-corrected chi connectivity index (χ4v) is 1.92. The molecule has 0 aromatic rings. The predicted molar refractivity (Wildman–Crippen MR) is 72.8 cm³/mol. The van der Waals surface area contributed by atoms with Gasteiger partial charge in [0.15, 0.2) is 0 Å². The summed E-state index contributed by atoms with van der Waals surface area (Å²) >= 11 is 0. The molecule has 0 rings (SSSR count). The normalized spacial score (nSPS) is 11.6. The van der Waals surface area contributed by atoms with E-state index in [9.17, 15) is 4.79 Å². The molecule has 4 heteroatoms. The first-order valence-electron chi connectivity index (χ1n) is 7.21. The van der Waals surface area contributed by atoms with Crippen molar-refractivity contribution in [2.75, 3.05) is 0 Å². The van der Waals surface area contributed by atoms with Gasteiger partial charge in [-0.25, -0.2) is 0 Å². The summed E-state index contributed by atoms with van der Waals surface area (Å²) < 4.78 is 0. The largest absolute Gasteiger partial charge is 0.349 e. The molecule has 0 bridgehead atoms. The van der Waals surface area contributed by atoms with Crippen molar-refractivity contribution in [1.82, 2.24) is 5.32 Å². The smallest absolute Gasteiger partial charge is 0.243 e. The van der Waals surface area contributed by atoms with Gasteiger partial charge in [0.1, 0.15) is 0 Å². The number of unbranched alkanes of at least 4 members (excludes halogenated alkanes) is 8. The monoisotopic (exact) mass is 259 g/mol. The minimum atomic E-state index is -2.09. The zero-order valence-corrected chi connectivity index (χ0v) is 11.9. The van der Waals surface area contributed by atoms with Gasteiger partial charge in [-0.15, -0.1) is 0 Å². The van der Waals surface area contributed by atoms with Gasteiger partial charge in [-0.1, -0.05) is 58.3 Å². The van der Waals surface area contributed by atoms with Crippen LogP contribution in [-0.4, -0.2) is 22.0 Å². The summed E-state index contributed by atoms with van der Waals surface area (Å²) in [7, 11) is 0. The van der Waals surface area contributed by atoms with Crippen LogP contribution in [0.5, 0.6) is 0 Å². The van der Waals surface area contributed by atoms with Gasteiger partial charge in [0.25, 0.3) is 0 Å². The van der Waals surface area contributed by atoms with Crippen molar-refractivity contribution < 1.29 is 15.0 Å². The van der Waals surface area contributed by atoms with Gasteiger partial charge in [-0.05, 0) is 6.42 Å². The minimum Gasteiger partial charge on any atom is -0.349 e. The quantitative estimate of drug-likeness (QED) is 0.395. The molecule has 0 aliphatic carbocycles. The van der Waals surface area contributed by atoms with Crippen LogP contribution in [0.4, 0.5) is 0 Å². The Morgan fingerprint density at radius 3 is 1.83 bits per heavy atom. The van der Waals surface area contributed by atoms with Crippen LogP contribution < -0.4 is 5.32 Å². The van der Waals surface area contributed by atoms with Crippen molar-refractivity contribution in [3.05, 3.63) is 0 Å². The molecule has 1 amide bonds. The van der Waals surface area contributed by atoms with Crippen LogP contribution in [0.2, 0.25) is 0 Å². The Bertz CT molecular complexity index is 212. The first-order valence-corrected chi connectivity index (χ1v) is 7.21. The molecule has 0 aromatic carbocycles. The molecule has 0 aliphatic rings. The van der Waals surface area contributed by atoms with E-state index >= 15 is 0 Å². The predicted octanol–water partition coefficient (Wildman–Crippen LogP) is 2.68. The van der Waals surface area contributed by atoms with E-state index in [-0.39, 0.29) is 5.91 Å². The molecule has 0 aromatic heterocycles. The van der Waals surface area contributed by atoms with Crippen LogP contribution in [0.25, 0.3) is 0 Å². The standard InChI is InChI=1S/C14H29NO3/c1-3-4-5-6-7-8-9-10-11-12-13(16)15-14(2,17)18/h17-18H,3-12H2,1-2H3,(H,15,16). The van der Waals surface area contributed by atoms with E-state index in [1.54, 1.807) is 0 Å². The summed E-state index contributed by atoms with van der Waals surface area (Å²) in [5, 5.41) is 20.0. The Morgan fingerprint density at radius 2 is 1.39 bits per heavy atom. The summed E-state index contributed by atoms with van der Waals surface area (Å²) in [5.74, 6) is -2.39. The summed E-state index contributed by atoms with van der Waals surface area (Å²) in [6, 6.07) is 0. The second-order valence-electron chi connectivity index (χ2n) is 5.15. The zero-order chi connectivity index (χ0) is 13.9. The van der Waals surface area contributed by atoms with Gasteiger partial charge in [0.2, 0.25) is 11.8 Å². The summed E-state index contributed by atoms with van der Waals surface area (Å²) in [6.45, 7) is 3.36. The first kappa shape index (κ1) is 17.4. The van der Waals surface area contributed by atoms with Crippen molar-refractivity contribution in [3.63, 3.8) is 0 Å². The lowest BCUT2D eigenvalue weighted by Gasteiger charge is -2.17. The molecule has 0 aliphatic heterocycles. The average Bonchev–Trinajstić information content (AvgIpc) is 2.24. The number of aliphatic hydroxyl groups is 2. The van der Waals surface area contributed by atoms with E-state index in [1.165, 1.54) is 38.5 Å². The molecule has 0 saturated carbocycles. The Balaban J connectivity index is 3.23. The molecule has 0 fully saturated rings. The molecule has 0 unspecified atom stereocenters. The maximum atomic E-state index is 11.2. The third-order valence-electron chi connectivity index (χ3n) is 2.88. The second-order valence-corrected chi connectivity index (χ2v) is 5.15. The van der Waals surface area contributed by atoms with E-state index in [0.29, 0.717) is 6.42 Å². The van der Waals surface area contributed by atoms with Crippen LogP contribution in [0.3, 0.4) is 0 Å². The highest BCUT2D eigenvalue weighted by Crippen LogP contribution is 2.10. The van der Waals surface area contributed by atoms with Crippen LogP contribution in [0.15, 0.2) is 0 Å². The molecule has 0 atom stereocenters. The van der Waals surface area contributed by atoms with Gasteiger partial charge >= 0.3 is 0 Å². The van der Waals surface area contributed by atoms with E-state index in [0.717, 1.165) is 26.2 Å². The Kier molecular flexibility index (Phi) is 9.98. The minimum absolute atomic E-state index is 0.301. The van der Waals surface area contributed by atoms with Crippen LogP contribution in [-0.2, 0) is 4.79 Å². The van der Waals surface area contributed by atoms with Gasteiger partial charge in [-0.3, -0.25) is 4.79 Å². The third kappa shape index (κ3) is 13.5. The van der Waals surface area contributed by atoms with Gasteiger partial charge < -0.3 is 15.5 Å². The molecule has 3 N–H and O–H groups in total. The number of nitrogens with one attached hydrogen (secondary N) is 1. The number of hydrogen-bond acceptors (Lipinski definition) is 3. The molecule has 4 nitrogen and oxygen atoms in total. The van der Waals surface area contributed by atoms with Crippen LogP contribution in [0, 0.1) is 0 Å². The van der Waals surface area contributed by atoms with E-state index in [2.05, 4.69) is 12.2 Å². The first-order chi connectivity index (χ1) is 8.45. The van der Waals surface area contributed by atoms with Crippen molar-refractivity contribution in [3.8, 4) is 0 Å². The molecule has 0 spiro atoms. The summed E-state index contributed by atoms with van der Waals surface area (Å²) in [6.07, 6.45) is 11.2. The topological polar surface area (TPSA) is 69.6 Å². The fraction of sp³-hybridized carbons (Fsp3) is 0.929. The Hall–Kier alpha value is -0.610. The summed E-state index contributed by atoms with van der Waals surface area (Å²) in [4.78, 5) is 11.2. The van der Waals surface area contributed by atoms with E-state index in [4.69, 9.17) is 10.2 Å². The third-order valence-corrected chi connectivity index (χ3v) is 2.88. The number of rotatable bonds is 11. The van der Waals surface area contributed by atoms with Crippen molar-refractivity contribution in [1.29, 1.82) is 0 Å². The molecular formula is C14H29NO3. The number of carbonyl (C=O) groups excluding carboxylic acids is 1. The van der Waals surface area contributed by atoms with Crippen molar-refractivity contribution >= 4 is 5.91 Å². The highest BCUT2D eigenvalue weighted by atomic mass is 16.5. The van der Waals surface area contributed by atoms with Crippen LogP contribution in [0.1, 0.15) is 78.1 Å². The molecule has 18 heavy (non-hydrogen) atoms. The fourth-order valence-electron chi connectivity index (χ4n) is 1.92. The lowest BCUT2D eigenvalue weighted by atomic mass is 10.1. The molecule has 108 valence electrons. The summed E-state index contributed by atoms with van der Waals surface area (Å²) in [5.41, 5.74) is 0. The van der Waals surface area contributed by atoms with E-state index < -0.39 is 5.91 Å². The average molecular weight is 259 g/mol. The molecule has 0 radical (unpaired) electrons. The maximum Gasteiger partial charge on any atom is 0.243 e. The van der Waals surface area contributed by atoms with Gasteiger partial charge in [0, 0.05) is 13.3 Å². The van der Waals surface area contributed by atoms with Gasteiger partial charge in [0.05, 0.1) is 0 Å². The van der Waals surface area contributed by atoms with Crippen molar-refractivity contribution in [2.45, 2.75) is 84.0 Å². The highest BCUT2D eigenvalue weighted by molar-refractivity contribution is 5.76. The molecule has 0 heterocycles. The SMILES string of the molecule is CCCCCCCCCCCC(=O)NC(C)(O)O. The van der Waals surface area contributed by atoms with Crippen molar-refractivity contribution in [2.24, 2.45) is 0 Å². The Labute approximate surface area is 111 Å². The molecular weight excluding hydrogens is 230 g/mol. The number of hydrogen-bond donors (Lipinski definition) is 3. The van der Waals surface area contributed by atoms with E-state index in [1.807, 2.05) is 0 Å².